The summed E-state index contributed by atoms with van der Waals surface area (Å²) in [7, 11) is -3.96. The molecule has 1 aliphatic rings. The molecule has 1 aliphatic heterocycles. The van der Waals surface area contributed by atoms with Crippen LogP contribution in [0, 0.1) is 0 Å². The molecule has 0 spiro atoms. The number of hydrogen-bond acceptors (Lipinski definition) is 8. The minimum Gasteiger partial charge on any atom is -0.350 e. The molecule has 3 N–H and O–H groups in total. The van der Waals surface area contributed by atoms with E-state index < -0.39 is 10.0 Å². The van der Waals surface area contributed by atoms with Gasteiger partial charge >= 0.3 is 0 Å². The summed E-state index contributed by atoms with van der Waals surface area (Å²) in [6.45, 7) is 3.99. The number of hydrogen-bond donors (Lipinski definition) is 3. The highest BCUT2D eigenvalue weighted by Gasteiger charge is 2.21. The van der Waals surface area contributed by atoms with Gasteiger partial charge in [-0.3, -0.25) is 4.72 Å². The van der Waals surface area contributed by atoms with E-state index in [9.17, 15) is 8.42 Å². The van der Waals surface area contributed by atoms with Gasteiger partial charge in [0.05, 0.1) is 16.2 Å². The van der Waals surface area contributed by atoms with Crippen LogP contribution in [0.1, 0.15) is 18.9 Å². The van der Waals surface area contributed by atoms with Crippen LogP contribution in [0.4, 0.5) is 11.8 Å². The molecule has 6 rings (SSSR count). The smallest absolute Gasteiger partial charge is 0.264 e. The fraction of sp³-hybridized carbons (Fsp3) is 0.231. The lowest BCUT2D eigenvalue weighted by atomic mass is 10.0. The monoisotopic (exact) mass is 548 g/mol. The summed E-state index contributed by atoms with van der Waals surface area (Å²) in [6.07, 6.45) is 4.99. The van der Waals surface area contributed by atoms with Crippen molar-refractivity contribution in [2.45, 2.75) is 30.7 Å². The van der Waals surface area contributed by atoms with Crippen molar-refractivity contribution in [1.82, 2.24) is 29.9 Å². The van der Waals surface area contributed by atoms with Crippen LogP contribution >= 0.6 is 11.6 Å². The second-order valence-electron chi connectivity index (χ2n) is 9.11. The van der Waals surface area contributed by atoms with Gasteiger partial charge in [0.15, 0.2) is 5.82 Å². The van der Waals surface area contributed by atoms with Gasteiger partial charge in [0, 0.05) is 29.7 Å². The largest absolute Gasteiger partial charge is 0.350 e. The van der Waals surface area contributed by atoms with Crippen LogP contribution in [0.25, 0.3) is 27.7 Å². The predicted molar refractivity (Wildman–Crippen MR) is 148 cm³/mol. The molecular formula is C26H25ClN8O2S. The number of fused-ring (bicyclic) bond motifs is 2. The van der Waals surface area contributed by atoms with E-state index >= 15 is 0 Å². The second-order valence-corrected chi connectivity index (χ2v) is 11.2. The number of rotatable bonds is 7. The predicted octanol–water partition coefficient (Wildman–Crippen LogP) is 4.13. The summed E-state index contributed by atoms with van der Waals surface area (Å²) < 4.78 is 30.3. The first-order valence-corrected chi connectivity index (χ1v) is 14.2. The SMILES string of the molecule is CCc1cc(-c2ccc3c(NS(=O)(=O)c4ccccc4Cl)ncnn23)cc2cnc(NC3CCNC3)nc12. The minimum atomic E-state index is -3.96. The third-order valence-electron chi connectivity index (χ3n) is 6.64. The van der Waals surface area contributed by atoms with Crippen LogP contribution in [-0.4, -0.2) is 52.1 Å². The van der Waals surface area contributed by atoms with Crippen LogP contribution in [0.3, 0.4) is 0 Å². The van der Waals surface area contributed by atoms with Crippen LogP contribution in [0.15, 0.2) is 66.0 Å². The molecule has 3 aromatic heterocycles. The molecule has 5 aromatic rings. The molecule has 10 nitrogen and oxygen atoms in total. The summed E-state index contributed by atoms with van der Waals surface area (Å²) in [5, 5.41) is 12.2. The number of aryl methyl sites for hydroxylation is 1. The van der Waals surface area contributed by atoms with E-state index in [-0.39, 0.29) is 15.7 Å². The van der Waals surface area contributed by atoms with E-state index in [1.54, 1.807) is 22.7 Å². The lowest BCUT2D eigenvalue weighted by Crippen LogP contribution is -2.23. The molecule has 0 aliphatic carbocycles. The second kappa shape index (κ2) is 9.82. The Labute approximate surface area is 224 Å². The van der Waals surface area contributed by atoms with Gasteiger partial charge in [0.2, 0.25) is 5.95 Å². The summed E-state index contributed by atoms with van der Waals surface area (Å²) in [5.41, 5.74) is 4.20. The molecule has 4 heterocycles. The van der Waals surface area contributed by atoms with Gasteiger partial charge in [-0.1, -0.05) is 30.7 Å². The molecule has 1 unspecified atom stereocenters. The van der Waals surface area contributed by atoms with Crippen molar-refractivity contribution in [3.05, 3.63) is 71.6 Å². The Bertz CT molecular complexity index is 1770. The zero-order valence-corrected chi connectivity index (χ0v) is 22.1. The highest BCUT2D eigenvalue weighted by atomic mass is 35.5. The Kier molecular flexibility index (Phi) is 6.34. The lowest BCUT2D eigenvalue weighted by Gasteiger charge is -2.13. The molecule has 1 fully saturated rings. The lowest BCUT2D eigenvalue weighted by molar-refractivity contribution is 0.601. The number of aromatic nitrogens is 5. The van der Waals surface area contributed by atoms with Gasteiger partial charge in [0.25, 0.3) is 10.0 Å². The topological polar surface area (TPSA) is 126 Å². The number of nitrogens with zero attached hydrogens (tertiary/aromatic N) is 5. The Morgan fingerprint density at radius 2 is 2.03 bits per heavy atom. The van der Waals surface area contributed by atoms with E-state index in [1.165, 1.54) is 18.5 Å². The fourth-order valence-corrected chi connectivity index (χ4v) is 6.29. The molecule has 194 valence electrons. The average Bonchev–Trinajstić information content (AvgIpc) is 3.59. The van der Waals surface area contributed by atoms with Crippen LogP contribution < -0.4 is 15.4 Å². The quantitative estimate of drug-likeness (QED) is 0.277. The van der Waals surface area contributed by atoms with Crippen LogP contribution in [0.5, 0.6) is 0 Å². The fourth-order valence-electron chi connectivity index (χ4n) is 4.74. The average molecular weight is 549 g/mol. The molecule has 1 saturated heterocycles. The first kappa shape index (κ1) is 24.5. The maximum atomic E-state index is 13.0. The van der Waals surface area contributed by atoms with Crippen molar-refractivity contribution in [3.63, 3.8) is 0 Å². The van der Waals surface area contributed by atoms with Gasteiger partial charge in [0.1, 0.15) is 16.7 Å². The van der Waals surface area contributed by atoms with E-state index in [0.29, 0.717) is 17.5 Å². The van der Waals surface area contributed by atoms with Crippen molar-refractivity contribution in [2.75, 3.05) is 23.1 Å². The molecule has 0 saturated carbocycles. The molecular weight excluding hydrogens is 524 g/mol. The number of sulfonamides is 1. The van der Waals surface area contributed by atoms with E-state index in [4.69, 9.17) is 16.6 Å². The molecule has 0 radical (unpaired) electrons. The molecule has 12 heteroatoms. The maximum absolute atomic E-state index is 13.0. The zero-order valence-electron chi connectivity index (χ0n) is 20.5. The number of nitrogens with one attached hydrogen (secondary N) is 3. The summed E-state index contributed by atoms with van der Waals surface area (Å²) in [4.78, 5) is 13.5. The summed E-state index contributed by atoms with van der Waals surface area (Å²) >= 11 is 6.13. The van der Waals surface area contributed by atoms with Crippen molar-refractivity contribution >= 4 is 49.8 Å². The first-order chi connectivity index (χ1) is 18.4. The van der Waals surface area contributed by atoms with E-state index in [0.717, 1.165) is 53.7 Å². The maximum Gasteiger partial charge on any atom is 0.264 e. The molecule has 0 amide bonds. The van der Waals surface area contributed by atoms with Crippen molar-refractivity contribution in [3.8, 4) is 11.3 Å². The zero-order chi connectivity index (χ0) is 26.3. The van der Waals surface area contributed by atoms with Gasteiger partial charge < -0.3 is 10.6 Å². The highest BCUT2D eigenvalue weighted by molar-refractivity contribution is 7.92. The summed E-state index contributed by atoms with van der Waals surface area (Å²) in [6, 6.07) is 14.4. The van der Waals surface area contributed by atoms with Crippen molar-refractivity contribution in [1.29, 1.82) is 0 Å². The van der Waals surface area contributed by atoms with E-state index in [2.05, 4.69) is 43.4 Å². The number of benzene rings is 2. The number of anilines is 2. The molecule has 0 bridgehead atoms. The third kappa shape index (κ3) is 4.53. The Hall–Kier alpha value is -3.80. The number of halogens is 1. The normalized spacial score (nSPS) is 15.8. The molecule has 2 aromatic carbocycles. The van der Waals surface area contributed by atoms with Gasteiger partial charge in [-0.15, -0.1) is 0 Å². The first-order valence-electron chi connectivity index (χ1n) is 12.3. The van der Waals surface area contributed by atoms with Crippen molar-refractivity contribution in [2.24, 2.45) is 0 Å². The summed E-state index contributed by atoms with van der Waals surface area (Å²) in [5.74, 6) is 0.785. The van der Waals surface area contributed by atoms with Gasteiger partial charge in [-0.25, -0.2) is 27.9 Å². The molecule has 1 atom stereocenters. The van der Waals surface area contributed by atoms with E-state index in [1.807, 2.05) is 18.3 Å². The van der Waals surface area contributed by atoms with Crippen LogP contribution in [-0.2, 0) is 16.4 Å². The third-order valence-corrected chi connectivity index (χ3v) is 8.48. The van der Waals surface area contributed by atoms with Crippen molar-refractivity contribution < 1.29 is 8.42 Å². The van der Waals surface area contributed by atoms with Crippen LogP contribution in [0.2, 0.25) is 5.02 Å². The minimum absolute atomic E-state index is 0.0228. The van der Waals surface area contributed by atoms with Gasteiger partial charge in [-0.2, -0.15) is 5.10 Å². The Balaban J connectivity index is 1.37. The standard InChI is InChI=1S/C26H25ClN8O2S/c1-2-16-11-17(12-18-13-29-26(33-24(16)18)32-19-9-10-28-14-19)21-7-8-22-25(30-15-31-35(21)22)34-38(36,37)23-6-4-3-5-20(23)27/h3-8,11-13,15,19,28H,2,9-10,14H2,1H3,(H,29,32,33)(H,30,31,34). The molecule has 38 heavy (non-hydrogen) atoms. The Morgan fingerprint density at radius 3 is 2.82 bits per heavy atom. The van der Waals surface area contributed by atoms with Gasteiger partial charge in [-0.05, 0) is 61.3 Å². The Morgan fingerprint density at radius 1 is 1.16 bits per heavy atom. The highest BCUT2D eigenvalue weighted by Crippen LogP contribution is 2.31.